The van der Waals surface area contributed by atoms with Gasteiger partial charge in [-0.25, -0.2) is 9.18 Å². The number of anilines is 1. The van der Waals surface area contributed by atoms with Gasteiger partial charge in [-0.15, -0.1) is 0 Å². The smallest absolute Gasteiger partial charge is 0.337 e. The quantitative estimate of drug-likeness (QED) is 0.572. The summed E-state index contributed by atoms with van der Waals surface area (Å²) in [4.78, 5) is 11.4. The zero-order valence-electron chi connectivity index (χ0n) is 16.8. The molecule has 0 unspecified atom stereocenters. The Morgan fingerprint density at radius 1 is 1.11 bits per heavy atom. The maximum atomic E-state index is 14.2. The number of benzene rings is 2. The summed E-state index contributed by atoms with van der Waals surface area (Å²) in [5.74, 6) is -0.700. The first-order valence-electron chi connectivity index (χ1n) is 9.10. The van der Waals surface area contributed by atoms with Gasteiger partial charge in [0.1, 0.15) is 11.6 Å². The Kier molecular flexibility index (Phi) is 6.99. The third-order valence-electron chi connectivity index (χ3n) is 4.06. The Morgan fingerprint density at radius 2 is 1.82 bits per heavy atom. The predicted octanol–water partition coefficient (Wildman–Crippen LogP) is 6.04. The van der Waals surface area contributed by atoms with E-state index in [0.29, 0.717) is 17.0 Å². The molecule has 4 nitrogen and oxygen atoms in total. The number of carboxylic acids is 1. The lowest BCUT2D eigenvalue weighted by atomic mass is 10.1. The number of carboxylic acid groups (broad SMARTS) is 1. The van der Waals surface area contributed by atoms with Crippen molar-refractivity contribution in [2.75, 3.05) is 5.32 Å². The number of hydrogen-bond donors (Lipinski definition) is 2. The zero-order chi connectivity index (χ0) is 20.8. The van der Waals surface area contributed by atoms with E-state index in [4.69, 9.17) is 4.74 Å². The number of ether oxygens (including phenoxy) is 1. The molecule has 2 N–H and O–H groups in total. The summed E-state index contributed by atoms with van der Waals surface area (Å²) < 4.78 is 19.8. The van der Waals surface area contributed by atoms with E-state index < -0.39 is 5.97 Å². The van der Waals surface area contributed by atoms with Crippen LogP contribution in [-0.2, 0) is 0 Å². The first-order chi connectivity index (χ1) is 13.2. The second-order valence-corrected chi connectivity index (χ2v) is 6.99. The van der Waals surface area contributed by atoms with E-state index in [2.05, 4.69) is 5.32 Å². The summed E-state index contributed by atoms with van der Waals surface area (Å²) in [6.45, 7) is 9.32. The van der Waals surface area contributed by atoms with E-state index in [9.17, 15) is 14.3 Å². The lowest BCUT2D eigenvalue weighted by molar-refractivity contribution is 0.0698. The van der Waals surface area contributed by atoms with Crippen molar-refractivity contribution in [1.82, 2.24) is 0 Å². The Labute approximate surface area is 165 Å². The van der Waals surface area contributed by atoms with Crippen LogP contribution in [0, 0.1) is 12.7 Å². The van der Waals surface area contributed by atoms with Gasteiger partial charge in [0, 0.05) is 11.3 Å². The van der Waals surface area contributed by atoms with Crippen LogP contribution in [0.25, 0.3) is 5.57 Å². The minimum Gasteiger partial charge on any atom is -0.491 e. The van der Waals surface area contributed by atoms with Crippen molar-refractivity contribution in [2.45, 2.75) is 40.7 Å². The second-order valence-electron chi connectivity index (χ2n) is 6.99. The standard InChI is InChI=1S/C23H26FNO3/c1-14(2)28-18-9-10-21(24)19(13-18)16(4)7-8-17(5)25-22-11-6-15(3)12-20(22)23(26)27/h6-14,25H,1-5H3,(H,26,27)/b16-7+,17-8+. The van der Waals surface area contributed by atoms with Gasteiger partial charge in [0.2, 0.25) is 0 Å². The van der Waals surface area contributed by atoms with Gasteiger partial charge in [-0.05, 0) is 76.6 Å². The molecule has 2 aromatic carbocycles. The average molecular weight is 383 g/mol. The normalized spacial score (nSPS) is 12.2. The fraction of sp³-hybridized carbons (Fsp3) is 0.261. The van der Waals surface area contributed by atoms with Crippen LogP contribution in [0.4, 0.5) is 10.1 Å². The summed E-state index contributed by atoms with van der Waals surface area (Å²) >= 11 is 0. The number of aryl methyl sites for hydroxylation is 1. The molecule has 0 aromatic heterocycles. The first kappa shape index (κ1) is 21.2. The molecule has 0 fully saturated rings. The molecule has 5 heteroatoms. The van der Waals surface area contributed by atoms with Crippen molar-refractivity contribution in [3.63, 3.8) is 0 Å². The third-order valence-corrected chi connectivity index (χ3v) is 4.06. The van der Waals surface area contributed by atoms with Gasteiger partial charge in [-0.2, -0.15) is 0 Å². The Balaban J connectivity index is 2.24. The number of carbonyl (C=O) groups is 1. The SMILES string of the molecule is C/C(=C\C=C(/C)c1cc(OC(C)C)ccc1F)Nc1ccc(C)cc1C(=O)O. The van der Waals surface area contributed by atoms with Crippen LogP contribution in [0.1, 0.15) is 49.2 Å². The maximum Gasteiger partial charge on any atom is 0.337 e. The van der Waals surface area contributed by atoms with Gasteiger partial charge < -0.3 is 15.2 Å². The van der Waals surface area contributed by atoms with E-state index in [1.807, 2.05) is 40.7 Å². The highest BCUT2D eigenvalue weighted by atomic mass is 19.1. The Hall–Kier alpha value is -3.08. The maximum absolute atomic E-state index is 14.2. The van der Waals surface area contributed by atoms with Crippen LogP contribution in [-0.4, -0.2) is 17.2 Å². The molecule has 28 heavy (non-hydrogen) atoms. The molecule has 0 saturated carbocycles. The molecule has 0 atom stereocenters. The van der Waals surface area contributed by atoms with Crippen LogP contribution >= 0.6 is 0 Å². The highest BCUT2D eigenvalue weighted by Crippen LogP contribution is 2.25. The van der Waals surface area contributed by atoms with Crippen LogP contribution in [0.2, 0.25) is 0 Å². The summed E-state index contributed by atoms with van der Waals surface area (Å²) in [5.41, 5.74) is 3.52. The Morgan fingerprint density at radius 3 is 2.46 bits per heavy atom. The van der Waals surface area contributed by atoms with E-state index in [1.54, 1.807) is 36.4 Å². The van der Waals surface area contributed by atoms with E-state index in [-0.39, 0.29) is 17.5 Å². The van der Waals surface area contributed by atoms with Crippen LogP contribution in [0.15, 0.2) is 54.2 Å². The van der Waals surface area contributed by atoms with Crippen molar-refractivity contribution >= 4 is 17.2 Å². The lowest BCUT2D eigenvalue weighted by Gasteiger charge is -2.12. The fourth-order valence-electron chi connectivity index (χ4n) is 2.69. The van der Waals surface area contributed by atoms with Gasteiger partial charge in [0.15, 0.2) is 0 Å². The molecule has 0 spiro atoms. The molecule has 0 saturated heterocycles. The van der Waals surface area contributed by atoms with Gasteiger partial charge in [0.25, 0.3) is 0 Å². The number of aromatic carboxylic acids is 1. The van der Waals surface area contributed by atoms with Crippen molar-refractivity contribution in [2.24, 2.45) is 0 Å². The number of allylic oxidation sites excluding steroid dienone is 4. The highest BCUT2D eigenvalue weighted by molar-refractivity contribution is 5.94. The van der Waals surface area contributed by atoms with Gasteiger partial charge in [-0.3, -0.25) is 0 Å². The minimum absolute atomic E-state index is 0.00637. The minimum atomic E-state index is -0.991. The van der Waals surface area contributed by atoms with Crippen LogP contribution in [0.3, 0.4) is 0 Å². The monoisotopic (exact) mass is 383 g/mol. The van der Waals surface area contributed by atoms with Crippen molar-refractivity contribution in [3.8, 4) is 5.75 Å². The zero-order valence-corrected chi connectivity index (χ0v) is 16.8. The van der Waals surface area contributed by atoms with Crippen molar-refractivity contribution < 1.29 is 19.0 Å². The molecule has 2 aromatic rings. The third kappa shape index (κ3) is 5.71. The molecule has 148 valence electrons. The van der Waals surface area contributed by atoms with Crippen LogP contribution < -0.4 is 10.1 Å². The molecule has 0 aliphatic heterocycles. The molecule has 0 aliphatic carbocycles. The van der Waals surface area contributed by atoms with E-state index in [1.165, 1.54) is 6.07 Å². The van der Waals surface area contributed by atoms with E-state index >= 15 is 0 Å². The van der Waals surface area contributed by atoms with Crippen molar-refractivity contribution in [1.29, 1.82) is 0 Å². The van der Waals surface area contributed by atoms with E-state index in [0.717, 1.165) is 16.8 Å². The Bertz CT molecular complexity index is 929. The second kappa shape index (κ2) is 9.22. The molecule has 0 amide bonds. The molecular weight excluding hydrogens is 357 g/mol. The molecule has 2 rings (SSSR count). The molecule has 0 bridgehead atoms. The number of rotatable bonds is 7. The van der Waals surface area contributed by atoms with Gasteiger partial charge >= 0.3 is 5.97 Å². The predicted molar refractivity (Wildman–Crippen MR) is 111 cm³/mol. The lowest BCUT2D eigenvalue weighted by Crippen LogP contribution is -2.06. The van der Waals surface area contributed by atoms with Crippen molar-refractivity contribution in [3.05, 3.63) is 76.8 Å². The summed E-state index contributed by atoms with van der Waals surface area (Å²) in [7, 11) is 0. The average Bonchev–Trinajstić information content (AvgIpc) is 2.62. The summed E-state index contributed by atoms with van der Waals surface area (Å²) in [5, 5.41) is 12.5. The molecular formula is C23H26FNO3. The van der Waals surface area contributed by atoms with Gasteiger partial charge in [0.05, 0.1) is 17.4 Å². The van der Waals surface area contributed by atoms with Crippen LogP contribution in [0.5, 0.6) is 5.75 Å². The largest absolute Gasteiger partial charge is 0.491 e. The number of halogens is 1. The number of hydrogen-bond acceptors (Lipinski definition) is 3. The summed E-state index contributed by atoms with van der Waals surface area (Å²) in [6.07, 6.45) is 3.58. The highest BCUT2D eigenvalue weighted by Gasteiger charge is 2.10. The topological polar surface area (TPSA) is 58.6 Å². The molecule has 0 heterocycles. The van der Waals surface area contributed by atoms with Gasteiger partial charge in [-0.1, -0.05) is 17.7 Å². The summed E-state index contributed by atoms with van der Waals surface area (Å²) in [6, 6.07) is 9.89. The number of nitrogens with one attached hydrogen (secondary N) is 1. The first-order valence-corrected chi connectivity index (χ1v) is 9.10. The molecule has 0 radical (unpaired) electrons. The fourth-order valence-corrected chi connectivity index (χ4v) is 2.69. The molecule has 0 aliphatic rings.